The van der Waals surface area contributed by atoms with Crippen molar-refractivity contribution in [2.45, 2.75) is 37.9 Å². The average Bonchev–Trinajstić information content (AvgIpc) is 3.05. The minimum Gasteiger partial charge on any atom is -0.310 e. The molecular weight excluding hydrogens is 314 g/mol. The maximum absolute atomic E-state index is 12.1. The molecule has 2 aromatic rings. The molecule has 0 aliphatic rings. The van der Waals surface area contributed by atoms with Crippen molar-refractivity contribution in [2.75, 3.05) is 0 Å². The quantitative estimate of drug-likeness (QED) is 0.816. The van der Waals surface area contributed by atoms with Crippen LogP contribution in [-0.4, -0.2) is 19.4 Å². The van der Waals surface area contributed by atoms with Crippen LogP contribution in [-0.2, 0) is 23.1 Å². The van der Waals surface area contributed by atoms with Gasteiger partial charge in [-0.25, -0.2) is 18.1 Å². The Balaban J connectivity index is 1.98. The maximum Gasteiger partial charge on any atom is 0.241 e. The number of thiazole rings is 1. The van der Waals surface area contributed by atoms with Crippen LogP contribution in [0.15, 0.2) is 27.9 Å². The van der Waals surface area contributed by atoms with Crippen molar-refractivity contribution in [1.82, 2.24) is 15.0 Å². The van der Waals surface area contributed by atoms with E-state index in [2.05, 4.69) is 28.9 Å². The van der Waals surface area contributed by atoms with E-state index < -0.39 is 10.0 Å². The minimum atomic E-state index is -3.45. The zero-order valence-corrected chi connectivity index (χ0v) is 13.7. The number of hydrogen-bond donors (Lipinski definition) is 2. The number of thiophene rings is 1. The lowest BCUT2D eigenvalue weighted by Crippen LogP contribution is -2.23. The van der Waals surface area contributed by atoms with Crippen molar-refractivity contribution in [1.29, 1.82) is 0 Å². The van der Waals surface area contributed by atoms with Crippen LogP contribution >= 0.6 is 22.7 Å². The molecule has 5 nitrogen and oxygen atoms in total. The Kier molecular flexibility index (Phi) is 5.28. The molecule has 0 amide bonds. The second kappa shape index (κ2) is 6.77. The van der Waals surface area contributed by atoms with Crippen LogP contribution in [0.5, 0.6) is 0 Å². The van der Waals surface area contributed by atoms with Crippen molar-refractivity contribution in [3.05, 3.63) is 32.9 Å². The van der Waals surface area contributed by atoms with Gasteiger partial charge in [-0.05, 0) is 6.07 Å². The molecule has 8 heteroatoms. The number of sulfonamides is 1. The van der Waals surface area contributed by atoms with Gasteiger partial charge in [0.05, 0.1) is 11.4 Å². The van der Waals surface area contributed by atoms with Crippen molar-refractivity contribution < 1.29 is 8.42 Å². The Hall–Kier alpha value is -0.800. The van der Waals surface area contributed by atoms with E-state index in [0.717, 1.165) is 9.88 Å². The first-order valence-electron chi connectivity index (χ1n) is 6.16. The van der Waals surface area contributed by atoms with E-state index in [1.165, 1.54) is 22.7 Å². The van der Waals surface area contributed by atoms with Crippen molar-refractivity contribution >= 4 is 32.7 Å². The summed E-state index contributed by atoms with van der Waals surface area (Å²) >= 11 is 2.88. The summed E-state index contributed by atoms with van der Waals surface area (Å²) < 4.78 is 26.8. The molecule has 0 radical (unpaired) electrons. The summed E-state index contributed by atoms with van der Waals surface area (Å²) in [5.41, 5.74) is 0. The van der Waals surface area contributed by atoms with Gasteiger partial charge < -0.3 is 5.32 Å². The summed E-state index contributed by atoms with van der Waals surface area (Å²) in [6.45, 7) is 5.03. The predicted octanol–water partition coefficient (Wildman–Crippen LogP) is 2.18. The van der Waals surface area contributed by atoms with E-state index in [1.807, 2.05) is 5.38 Å². The molecule has 0 saturated heterocycles. The molecule has 0 aromatic carbocycles. The van der Waals surface area contributed by atoms with Crippen molar-refractivity contribution in [3.8, 4) is 0 Å². The van der Waals surface area contributed by atoms with Crippen LogP contribution in [0.25, 0.3) is 0 Å². The zero-order valence-electron chi connectivity index (χ0n) is 11.3. The Morgan fingerprint density at radius 2 is 2.10 bits per heavy atom. The molecule has 0 aliphatic carbocycles. The molecule has 0 spiro atoms. The largest absolute Gasteiger partial charge is 0.310 e. The van der Waals surface area contributed by atoms with Crippen LogP contribution < -0.4 is 10.0 Å². The van der Waals surface area contributed by atoms with Gasteiger partial charge in [-0.3, -0.25) is 0 Å². The lowest BCUT2D eigenvalue weighted by atomic mass is 10.4. The highest BCUT2D eigenvalue weighted by Gasteiger charge is 2.16. The Labute approximate surface area is 127 Å². The highest BCUT2D eigenvalue weighted by Crippen LogP contribution is 2.19. The van der Waals surface area contributed by atoms with Gasteiger partial charge >= 0.3 is 0 Å². The van der Waals surface area contributed by atoms with Crippen LogP contribution in [0.4, 0.5) is 0 Å². The lowest BCUT2D eigenvalue weighted by molar-refractivity contribution is 0.580. The van der Waals surface area contributed by atoms with Crippen LogP contribution in [0.3, 0.4) is 0 Å². The third-order valence-corrected chi connectivity index (χ3v) is 5.77. The summed E-state index contributed by atoms with van der Waals surface area (Å²) in [5, 5.41) is 7.51. The molecule has 2 rings (SSSR count). The maximum atomic E-state index is 12.1. The minimum absolute atomic E-state index is 0.232. The van der Waals surface area contributed by atoms with Gasteiger partial charge in [-0.1, -0.05) is 13.8 Å². The predicted molar refractivity (Wildman–Crippen MR) is 82.4 cm³/mol. The van der Waals surface area contributed by atoms with Gasteiger partial charge in [-0.15, -0.1) is 22.7 Å². The molecule has 0 saturated carbocycles. The molecule has 0 bridgehead atoms. The Bertz CT molecular complexity index is 633. The molecule has 2 N–H and O–H groups in total. The first-order chi connectivity index (χ1) is 9.47. The van der Waals surface area contributed by atoms with Gasteiger partial charge in [0, 0.05) is 34.4 Å². The van der Waals surface area contributed by atoms with Gasteiger partial charge in [-0.2, -0.15) is 0 Å². The molecule has 110 valence electrons. The third kappa shape index (κ3) is 4.35. The standard InChI is InChI=1S/C12H17N3O2S3/c1-9(2)14-6-10-5-11(8-19-10)20(16,17)15-7-12-13-3-4-18-12/h3-5,8-9,14-15H,6-7H2,1-2H3. The van der Waals surface area contributed by atoms with E-state index in [4.69, 9.17) is 0 Å². The van der Waals surface area contributed by atoms with Gasteiger partial charge in [0.1, 0.15) is 5.01 Å². The van der Waals surface area contributed by atoms with Crippen LogP contribution in [0.1, 0.15) is 23.7 Å². The molecule has 20 heavy (non-hydrogen) atoms. The molecule has 2 heterocycles. The highest BCUT2D eigenvalue weighted by atomic mass is 32.2. The SMILES string of the molecule is CC(C)NCc1cc(S(=O)(=O)NCc2nccs2)cs1. The van der Waals surface area contributed by atoms with E-state index in [9.17, 15) is 8.42 Å². The number of rotatable bonds is 7. The Morgan fingerprint density at radius 3 is 2.75 bits per heavy atom. The monoisotopic (exact) mass is 331 g/mol. The average molecular weight is 331 g/mol. The van der Waals surface area contributed by atoms with Crippen LogP contribution in [0, 0.1) is 0 Å². The summed E-state index contributed by atoms with van der Waals surface area (Å²) in [4.78, 5) is 5.38. The first-order valence-corrected chi connectivity index (χ1v) is 9.40. The summed E-state index contributed by atoms with van der Waals surface area (Å²) in [5.74, 6) is 0. The Morgan fingerprint density at radius 1 is 1.30 bits per heavy atom. The van der Waals surface area contributed by atoms with Gasteiger partial charge in [0.25, 0.3) is 0 Å². The smallest absolute Gasteiger partial charge is 0.241 e. The number of nitrogens with zero attached hydrogens (tertiary/aromatic N) is 1. The van der Waals surface area contributed by atoms with Crippen LogP contribution in [0.2, 0.25) is 0 Å². The van der Waals surface area contributed by atoms with Crippen molar-refractivity contribution in [2.24, 2.45) is 0 Å². The molecule has 0 atom stereocenters. The van der Waals surface area contributed by atoms with E-state index in [-0.39, 0.29) is 6.54 Å². The fourth-order valence-corrected chi connectivity index (χ4v) is 4.34. The topological polar surface area (TPSA) is 71.1 Å². The van der Waals surface area contributed by atoms with E-state index in [0.29, 0.717) is 17.5 Å². The number of nitrogens with one attached hydrogen (secondary N) is 2. The zero-order chi connectivity index (χ0) is 14.6. The summed E-state index contributed by atoms with van der Waals surface area (Å²) in [6.07, 6.45) is 1.66. The molecule has 2 aromatic heterocycles. The third-order valence-electron chi connectivity index (χ3n) is 2.52. The molecule has 0 fully saturated rings. The number of hydrogen-bond acceptors (Lipinski definition) is 6. The summed E-state index contributed by atoms with van der Waals surface area (Å²) in [7, 11) is -3.45. The molecule has 0 unspecified atom stereocenters. The second-order valence-electron chi connectivity index (χ2n) is 4.53. The summed E-state index contributed by atoms with van der Waals surface area (Å²) in [6, 6.07) is 2.09. The fourth-order valence-electron chi connectivity index (χ4n) is 1.48. The van der Waals surface area contributed by atoms with E-state index >= 15 is 0 Å². The van der Waals surface area contributed by atoms with Crippen molar-refractivity contribution in [3.63, 3.8) is 0 Å². The lowest BCUT2D eigenvalue weighted by Gasteiger charge is -2.05. The fraction of sp³-hybridized carbons (Fsp3) is 0.417. The van der Waals surface area contributed by atoms with Gasteiger partial charge in [0.15, 0.2) is 0 Å². The van der Waals surface area contributed by atoms with Gasteiger partial charge in [0.2, 0.25) is 10.0 Å². The first kappa shape index (κ1) is 15.6. The number of aromatic nitrogens is 1. The second-order valence-corrected chi connectivity index (χ2v) is 8.28. The molecule has 0 aliphatic heterocycles. The molecular formula is C12H17N3O2S3. The normalized spacial score (nSPS) is 12.2. The highest BCUT2D eigenvalue weighted by molar-refractivity contribution is 7.89. The van der Waals surface area contributed by atoms with E-state index in [1.54, 1.807) is 17.6 Å².